The van der Waals surface area contributed by atoms with Crippen molar-refractivity contribution in [3.63, 3.8) is 0 Å². The third-order valence-corrected chi connectivity index (χ3v) is 4.30. The Kier molecular flexibility index (Phi) is 2.75. The van der Waals surface area contributed by atoms with Crippen LogP contribution in [0.3, 0.4) is 0 Å². The van der Waals surface area contributed by atoms with Gasteiger partial charge in [0, 0.05) is 31.7 Å². The number of nitrogens with zero attached hydrogens (tertiary/aromatic N) is 2. The molecule has 1 atom stereocenters. The van der Waals surface area contributed by atoms with Gasteiger partial charge in [-0.05, 0) is 38.6 Å². The lowest BCUT2D eigenvalue weighted by Crippen LogP contribution is -2.49. The molecule has 3 fully saturated rings. The van der Waals surface area contributed by atoms with E-state index in [9.17, 15) is 4.79 Å². The maximum atomic E-state index is 12.3. The van der Waals surface area contributed by atoms with Crippen molar-refractivity contribution in [1.82, 2.24) is 15.1 Å². The van der Waals surface area contributed by atoms with Crippen LogP contribution in [-0.2, 0) is 0 Å². The van der Waals surface area contributed by atoms with Crippen LogP contribution in [0.25, 0.3) is 0 Å². The lowest BCUT2D eigenvalue weighted by atomic mass is 9.92. The third kappa shape index (κ3) is 1.69. The second-order valence-corrected chi connectivity index (χ2v) is 5.25. The lowest BCUT2D eigenvalue weighted by molar-refractivity contribution is 0.137. The molecule has 1 N–H and O–H groups in total. The number of carbonyl (C=O) groups excluding carboxylic acids is 1. The SMILES string of the molecule is O=C1N(C2CCC2)CCN1C1CCCNC1. The van der Waals surface area contributed by atoms with E-state index in [-0.39, 0.29) is 0 Å². The molecule has 90 valence electrons. The molecule has 3 rings (SSSR count). The molecule has 2 aliphatic heterocycles. The van der Waals surface area contributed by atoms with Crippen molar-refractivity contribution < 1.29 is 4.79 Å². The number of urea groups is 1. The molecule has 1 saturated carbocycles. The number of amides is 2. The second kappa shape index (κ2) is 4.24. The largest absolute Gasteiger partial charge is 0.320 e. The van der Waals surface area contributed by atoms with Gasteiger partial charge in [-0.3, -0.25) is 0 Å². The monoisotopic (exact) mass is 223 g/mol. The predicted molar refractivity (Wildman–Crippen MR) is 62.3 cm³/mol. The van der Waals surface area contributed by atoms with Crippen molar-refractivity contribution in [2.45, 2.75) is 44.2 Å². The number of hydrogen-bond acceptors (Lipinski definition) is 2. The second-order valence-electron chi connectivity index (χ2n) is 5.25. The van der Waals surface area contributed by atoms with E-state index < -0.39 is 0 Å². The van der Waals surface area contributed by atoms with Gasteiger partial charge in [-0.15, -0.1) is 0 Å². The highest BCUT2D eigenvalue weighted by Crippen LogP contribution is 2.29. The number of rotatable bonds is 2. The summed E-state index contributed by atoms with van der Waals surface area (Å²) in [4.78, 5) is 16.5. The van der Waals surface area contributed by atoms with Crippen molar-refractivity contribution in [2.24, 2.45) is 0 Å². The molecule has 2 saturated heterocycles. The van der Waals surface area contributed by atoms with Gasteiger partial charge in [0.1, 0.15) is 0 Å². The van der Waals surface area contributed by atoms with Crippen LogP contribution in [0.15, 0.2) is 0 Å². The molecular formula is C12H21N3O. The highest BCUT2D eigenvalue weighted by Gasteiger charge is 2.39. The van der Waals surface area contributed by atoms with Gasteiger partial charge >= 0.3 is 6.03 Å². The topological polar surface area (TPSA) is 35.6 Å². The van der Waals surface area contributed by atoms with Crippen LogP contribution >= 0.6 is 0 Å². The highest BCUT2D eigenvalue weighted by molar-refractivity contribution is 5.77. The summed E-state index contributed by atoms with van der Waals surface area (Å²) in [5.74, 6) is 0. The molecule has 1 aliphatic carbocycles. The molecule has 0 spiro atoms. The van der Waals surface area contributed by atoms with E-state index in [2.05, 4.69) is 15.1 Å². The van der Waals surface area contributed by atoms with Gasteiger partial charge in [-0.2, -0.15) is 0 Å². The van der Waals surface area contributed by atoms with Crippen LogP contribution in [0.4, 0.5) is 4.79 Å². The Morgan fingerprint density at radius 1 is 1.00 bits per heavy atom. The van der Waals surface area contributed by atoms with Crippen LogP contribution in [0.5, 0.6) is 0 Å². The van der Waals surface area contributed by atoms with Crippen LogP contribution in [-0.4, -0.2) is 54.1 Å². The maximum absolute atomic E-state index is 12.3. The molecule has 4 nitrogen and oxygen atoms in total. The summed E-state index contributed by atoms with van der Waals surface area (Å²) >= 11 is 0. The van der Waals surface area contributed by atoms with Crippen LogP contribution in [0, 0.1) is 0 Å². The summed E-state index contributed by atoms with van der Waals surface area (Å²) in [7, 11) is 0. The average molecular weight is 223 g/mol. The van der Waals surface area contributed by atoms with Crippen LogP contribution < -0.4 is 5.32 Å². The number of nitrogens with one attached hydrogen (secondary N) is 1. The summed E-state index contributed by atoms with van der Waals surface area (Å²) in [6, 6.07) is 1.32. The van der Waals surface area contributed by atoms with Gasteiger partial charge in [0.05, 0.1) is 0 Å². The number of hydrogen-bond donors (Lipinski definition) is 1. The van der Waals surface area contributed by atoms with Gasteiger partial charge in [0.25, 0.3) is 0 Å². The first-order valence-electron chi connectivity index (χ1n) is 6.64. The van der Waals surface area contributed by atoms with Crippen molar-refractivity contribution in [3.8, 4) is 0 Å². The maximum Gasteiger partial charge on any atom is 0.320 e. The van der Waals surface area contributed by atoms with E-state index in [0.717, 1.165) is 26.2 Å². The average Bonchev–Trinajstić information content (AvgIpc) is 2.60. The van der Waals surface area contributed by atoms with E-state index >= 15 is 0 Å². The smallest absolute Gasteiger partial charge is 0.320 e. The first kappa shape index (κ1) is 10.4. The van der Waals surface area contributed by atoms with E-state index in [4.69, 9.17) is 0 Å². The molecule has 0 radical (unpaired) electrons. The zero-order valence-electron chi connectivity index (χ0n) is 9.82. The standard InChI is InChI=1S/C12H21N3O/c16-12-14(10-3-1-4-10)7-8-15(12)11-5-2-6-13-9-11/h10-11,13H,1-9H2. The van der Waals surface area contributed by atoms with E-state index in [0.29, 0.717) is 18.1 Å². The lowest BCUT2D eigenvalue weighted by Gasteiger charge is -2.36. The van der Waals surface area contributed by atoms with Gasteiger partial charge in [0.2, 0.25) is 0 Å². The molecular weight excluding hydrogens is 202 g/mol. The molecule has 2 heterocycles. The Bertz CT molecular complexity index is 271. The van der Waals surface area contributed by atoms with Crippen molar-refractivity contribution in [2.75, 3.05) is 26.2 Å². The molecule has 0 aromatic rings. The van der Waals surface area contributed by atoms with Crippen LogP contribution in [0.2, 0.25) is 0 Å². The van der Waals surface area contributed by atoms with Gasteiger partial charge < -0.3 is 15.1 Å². The summed E-state index contributed by atoms with van der Waals surface area (Å²) in [6.45, 7) is 4.01. The molecule has 3 aliphatic rings. The summed E-state index contributed by atoms with van der Waals surface area (Å²) in [5.41, 5.74) is 0. The minimum atomic E-state index is 0.304. The minimum Gasteiger partial charge on any atom is -0.320 e. The molecule has 2 amide bonds. The Morgan fingerprint density at radius 2 is 1.69 bits per heavy atom. The van der Waals surface area contributed by atoms with Gasteiger partial charge in [0.15, 0.2) is 0 Å². The first-order valence-corrected chi connectivity index (χ1v) is 6.64. The van der Waals surface area contributed by atoms with E-state index in [1.165, 1.54) is 32.1 Å². The van der Waals surface area contributed by atoms with Gasteiger partial charge in [-0.25, -0.2) is 4.79 Å². The molecule has 0 bridgehead atoms. The number of carbonyl (C=O) groups is 1. The normalized spacial score (nSPS) is 32.0. The Morgan fingerprint density at radius 3 is 2.25 bits per heavy atom. The number of piperidine rings is 1. The zero-order chi connectivity index (χ0) is 11.0. The first-order chi connectivity index (χ1) is 7.86. The fourth-order valence-electron chi connectivity index (χ4n) is 3.05. The van der Waals surface area contributed by atoms with Crippen molar-refractivity contribution in [3.05, 3.63) is 0 Å². The highest BCUT2D eigenvalue weighted by atomic mass is 16.2. The summed E-state index contributed by atoms with van der Waals surface area (Å²) in [6.07, 6.45) is 6.14. The van der Waals surface area contributed by atoms with Crippen LogP contribution in [0.1, 0.15) is 32.1 Å². The third-order valence-electron chi connectivity index (χ3n) is 4.30. The molecule has 4 heteroatoms. The molecule has 0 aromatic heterocycles. The fraction of sp³-hybridized carbons (Fsp3) is 0.917. The zero-order valence-corrected chi connectivity index (χ0v) is 9.82. The van der Waals surface area contributed by atoms with E-state index in [1.54, 1.807) is 0 Å². The Labute approximate surface area is 97.0 Å². The predicted octanol–water partition coefficient (Wildman–Crippen LogP) is 1.03. The van der Waals surface area contributed by atoms with E-state index in [1.807, 2.05) is 0 Å². The van der Waals surface area contributed by atoms with Gasteiger partial charge in [-0.1, -0.05) is 0 Å². The fourth-order valence-corrected chi connectivity index (χ4v) is 3.05. The Balaban J connectivity index is 1.62. The molecule has 0 aromatic carbocycles. The quantitative estimate of drug-likeness (QED) is 0.759. The van der Waals surface area contributed by atoms with Crippen molar-refractivity contribution in [1.29, 1.82) is 0 Å². The Hall–Kier alpha value is -0.770. The van der Waals surface area contributed by atoms with Crippen molar-refractivity contribution >= 4 is 6.03 Å². The summed E-state index contributed by atoms with van der Waals surface area (Å²) < 4.78 is 0. The summed E-state index contributed by atoms with van der Waals surface area (Å²) in [5, 5.41) is 3.39. The molecule has 1 unspecified atom stereocenters. The molecule has 16 heavy (non-hydrogen) atoms. The minimum absolute atomic E-state index is 0.304.